The van der Waals surface area contributed by atoms with Crippen LogP contribution in [0, 0.1) is 13.8 Å². The Bertz CT molecular complexity index is 616. The van der Waals surface area contributed by atoms with Gasteiger partial charge in [0, 0.05) is 19.3 Å². The SMILES string of the molecule is Cc1ccc(N(CCCN)C(=O)c2cc(C)nn2C)cc1. The van der Waals surface area contributed by atoms with Gasteiger partial charge in [-0.1, -0.05) is 17.7 Å². The van der Waals surface area contributed by atoms with Crippen molar-refractivity contribution >= 4 is 11.6 Å². The molecule has 0 spiro atoms. The number of aryl methyl sites for hydroxylation is 3. The fourth-order valence-electron chi connectivity index (χ4n) is 2.27. The summed E-state index contributed by atoms with van der Waals surface area (Å²) in [5, 5.41) is 4.25. The first-order valence-corrected chi connectivity index (χ1v) is 7.12. The zero-order chi connectivity index (χ0) is 15.4. The van der Waals surface area contributed by atoms with Gasteiger partial charge in [-0.25, -0.2) is 0 Å². The Morgan fingerprint density at radius 3 is 2.48 bits per heavy atom. The Hall–Kier alpha value is -2.14. The van der Waals surface area contributed by atoms with Crippen LogP contribution in [-0.2, 0) is 7.05 Å². The first kappa shape index (κ1) is 15.3. The van der Waals surface area contributed by atoms with Gasteiger partial charge in [-0.3, -0.25) is 9.48 Å². The molecule has 0 atom stereocenters. The van der Waals surface area contributed by atoms with Gasteiger partial charge >= 0.3 is 0 Å². The molecule has 1 aromatic carbocycles. The van der Waals surface area contributed by atoms with Crippen molar-refractivity contribution in [2.75, 3.05) is 18.0 Å². The zero-order valence-electron chi connectivity index (χ0n) is 12.8. The van der Waals surface area contributed by atoms with Crippen LogP contribution in [0.2, 0.25) is 0 Å². The molecule has 0 saturated carbocycles. The molecule has 0 aliphatic carbocycles. The maximum Gasteiger partial charge on any atom is 0.276 e. The average Bonchev–Trinajstić information content (AvgIpc) is 2.79. The lowest BCUT2D eigenvalue weighted by atomic mass is 10.2. The number of hydrogen-bond donors (Lipinski definition) is 1. The number of hydrogen-bond acceptors (Lipinski definition) is 3. The molecule has 0 saturated heterocycles. The van der Waals surface area contributed by atoms with Crippen LogP contribution in [0.4, 0.5) is 5.69 Å². The minimum absolute atomic E-state index is 0.0459. The number of aromatic nitrogens is 2. The summed E-state index contributed by atoms with van der Waals surface area (Å²) < 4.78 is 1.63. The highest BCUT2D eigenvalue weighted by molar-refractivity contribution is 6.05. The smallest absolute Gasteiger partial charge is 0.276 e. The molecule has 5 nitrogen and oxygen atoms in total. The maximum atomic E-state index is 12.8. The molecule has 2 rings (SSSR count). The molecule has 1 aromatic heterocycles. The summed E-state index contributed by atoms with van der Waals surface area (Å²) in [6.07, 6.45) is 0.760. The molecule has 21 heavy (non-hydrogen) atoms. The summed E-state index contributed by atoms with van der Waals surface area (Å²) in [6, 6.07) is 9.75. The van der Waals surface area contributed by atoms with Gasteiger partial charge in [-0.15, -0.1) is 0 Å². The summed E-state index contributed by atoms with van der Waals surface area (Å²) >= 11 is 0. The van der Waals surface area contributed by atoms with E-state index in [4.69, 9.17) is 5.73 Å². The quantitative estimate of drug-likeness (QED) is 0.914. The number of amides is 1. The van der Waals surface area contributed by atoms with Gasteiger partial charge in [0.1, 0.15) is 5.69 Å². The average molecular weight is 286 g/mol. The van der Waals surface area contributed by atoms with E-state index in [0.717, 1.165) is 17.8 Å². The third-order valence-corrected chi connectivity index (χ3v) is 3.40. The van der Waals surface area contributed by atoms with Crippen molar-refractivity contribution in [2.24, 2.45) is 12.8 Å². The summed E-state index contributed by atoms with van der Waals surface area (Å²) in [4.78, 5) is 14.6. The van der Waals surface area contributed by atoms with Gasteiger partial charge in [-0.2, -0.15) is 5.10 Å². The molecule has 0 aliphatic rings. The molecule has 0 fully saturated rings. The number of benzene rings is 1. The third kappa shape index (κ3) is 3.49. The maximum absolute atomic E-state index is 12.8. The fourth-order valence-corrected chi connectivity index (χ4v) is 2.27. The van der Waals surface area contributed by atoms with E-state index in [1.807, 2.05) is 44.2 Å². The molecule has 1 heterocycles. The molecule has 0 bridgehead atoms. The van der Waals surface area contributed by atoms with Gasteiger partial charge in [0.25, 0.3) is 5.91 Å². The van der Waals surface area contributed by atoms with E-state index in [1.54, 1.807) is 16.6 Å². The first-order chi connectivity index (χ1) is 10.0. The van der Waals surface area contributed by atoms with E-state index in [1.165, 1.54) is 5.56 Å². The van der Waals surface area contributed by atoms with E-state index in [9.17, 15) is 4.79 Å². The molecule has 0 radical (unpaired) electrons. The second-order valence-electron chi connectivity index (χ2n) is 5.23. The van der Waals surface area contributed by atoms with E-state index < -0.39 is 0 Å². The zero-order valence-corrected chi connectivity index (χ0v) is 12.8. The van der Waals surface area contributed by atoms with E-state index in [-0.39, 0.29) is 5.91 Å². The Kier molecular flexibility index (Phi) is 4.75. The van der Waals surface area contributed by atoms with Gasteiger partial charge < -0.3 is 10.6 Å². The Balaban J connectivity index is 2.33. The van der Waals surface area contributed by atoms with E-state index in [0.29, 0.717) is 18.8 Å². The standard InChI is InChI=1S/C16H22N4O/c1-12-5-7-14(8-6-12)20(10-4-9-17)16(21)15-11-13(2)18-19(15)3/h5-8,11H,4,9-10,17H2,1-3H3. The largest absolute Gasteiger partial charge is 0.330 e. The van der Waals surface area contributed by atoms with Crippen molar-refractivity contribution in [3.63, 3.8) is 0 Å². The summed E-state index contributed by atoms with van der Waals surface area (Å²) in [5.41, 5.74) is 9.08. The molecular formula is C16H22N4O. The molecule has 0 unspecified atom stereocenters. The van der Waals surface area contributed by atoms with Crippen LogP contribution >= 0.6 is 0 Å². The number of nitrogens with zero attached hydrogens (tertiary/aromatic N) is 3. The second kappa shape index (κ2) is 6.54. The van der Waals surface area contributed by atoms with Gasteiger partial charge in [0.05, 0.1) is 5.69 Å². The van der Waals surface area contributed by atoms with Crippen LogP contribution in [0.25, 0.3) is 0 Å². The highest BCUT2D eigenvalue weighted by atomic mass is 16.2. The minimum Gasteiger partial charge on any atom is -0.330 e. The topological polar surface area (TPSA) is 64.2 Å². The van der Waals surface area contributed by atoms with Gasteiger partial charge in [0.15, 0.2) is 0 Å². The van der Waals surface area contributed by atoms with Crippen LogP contribution in [0.1, 0.15) is 28.2 Å². The molecule has 0 aliphatic heterocycles. The van der Waals surface area contributed by atoms with Crippen LogP contribution in [0.5, 0.6) is 0 Å². The van der Waals surface area contributed by atoms with Crippen molar-refractivity contribution < 1.29 is 4.79 Å². The fraction of sp³-hybridized carbons (Fsp3) is 0.375. The summed E-state index contributed by atoms with van der Waals surface area (Å²) in [5.74, 6) is -0.0459. The molecule has 112 valence electrons. The third-order valence-electron chi connectivity index (χ3n) is 3.40. The molecule has 2 aromatic rings. The number of carbonyl (C=O) groups excluding carboxylic acids is 1. The normalized spacial score (nSPS) is 10.7. The van der Waals surface area contributed by atoms with E-state index >= 15 is 0 Å². The molecule has 1 amide bonds. The van der Waals surface area contributed by atoms with Crippen LogP contribution in [0.15, 0.2) is 30.3 Å². The van der Waals surface area contributed by atoms with Crippen LogP contribution < -0.4 is 10.6 Å². The second-order valence-corrected chi connectivity index (χ2v) is 5.23. The van der Waals surface area contributed by atoms with E-state index in [2.05, 4.69) is 5.10 Å². The van der Waals surface area contributed by atoms with Crippen molar-refractivity contribution in [1.82, 2.24) is 9.78 Å². The molecular weight excluding hydrogens is 264 g/mol. The number of nitrogens with two attached hydrogens (primary N) is 1. The summed E-state index contributed by atoms with van der Waals surface area (Å²) in [7, 11) is 1.79. The first-order valence-electron chi connectivity index (χ1n) is 7.12. The Morgan fingerprint density at radius 1 is 1.29 bits per heavy atom. The molecule has 5 heteroatoms. The Morgan fingerprint density at radius 2 is 1.95 bits per heavy atom. The highest BCUT2D eigenvalue weighted by Gasteiger charge is 2.20. The van der Waals surface area contributed by atoms with Gasteiger partial charge in [-0.05, 0) is 45.0 Å². The summed E-state index contributed by atoms with van der Waals surface area (Å²) in [6.45, 7) is 5.07. The highest BCUT2D eigenvalue weighted by Crippen LogP contribution is 2.18. The Labute approximate surface area is 125 Å². The lowest BCUT2D eigenvalue weighted by molar-refractivity contribution is 0.0977. The number of anilines is 1. The minimum atomic E-state index is -0.0459. The van der Waals surface area contributed by atoms with Crippen molar-refractivity contribution in [3.05, 3.63) is 47.3 Å². The predicted molar refractivity (Wildman–Crippen MR) is 84.5 cm³/mol. The van der Waals surface area contributed by atoms with Crippen LogP contribution in [-0.4, -0.2) is 28.8 Å². The monoisotopic (exact) mass is 286 g/mol. The predicted octanol–water partition coefficient (Wildman–Crippen LogP) is 2.03. The van der Waals surface area contributed by atoms with Gasteiger partial charge in [0.2, 0.25) is 0 Å². The lowest BCUT2D eigenvalue weighted by Gasteiger charge is -2.22. The van der Waals surface area contributed by atoms with Crippen molar-refractivity contribution in [2.45, 2.75) is 20.3 Å². The number of rotatable bonds is 5. The van der Waals surface area contributed by atoms with Crippen molar-refractivity contribution in [1.29, 1.82) is 0 Å². The lowest BCUT2D eigenvalue weighted by Crippen LogP contribution is -2.34. The molecule has 2 N–H and O–H groups in total. The van der Waals surface area contributed by atoms with Crippen molar-refractivity contribution in [3.8, 4) is 0 Å². The number of carbonyl (C=O) groups is 1. The van der Waals surface area contributed by atoms with Crippen LogP contribution in [0.3, 0.4) is 0 Å².